The Balaban J connectivity index is 1.35. The van der Waals surface area contributed by atoms with Gasteiger partial charge in [-0.25, -0.2) is 0 Å². The van der Waals surface area contributed by atoms with E-state index in [1.165, 1.54) is 12.5 Å². The molecule has 9 nitrogen and oxygen atoms in total. The van der Waals surface area contributed by atoms with E-state index < -0.39 is 0 Å². The number of carbonyl (C=O) groups excluding carboxylic acids is 1. The molecule has 0 spiro atoms. The Morgan fingerprint density at radius 3 is 2.03 bits per heavy atom. The smallest absolute Gasteiger partial charge is 0.255 e. The van der Waals surface area contributed by atoms with Crippen molar-refractivity contribution in [3.63, 3.8) is 0 Å². The number of piperidine rings is 1. The standard InChI is InChI=1S/C25H28ClN7O2/c26-18-8-6-17(7-9-18)22(35)28-20-11-10-19(16-21(20)34)27-23-29-24(32-12-2-1-3-13-32)31-25(30-23)33-14-4-5-15-33/h6-11,16,34H,1-5,12-15H2,(H,28,35)(H,27,29,30,31). The summed E-state index contributed by atoms with van der Waals surface area (Å²) in [5, 5.41) is 17.0. The van der Waals surface area contributed by atoms with Crippen LogP contribution in [0.1, 0.15) is 42.5 Å². The fraction of sp³-hybridized carbons (Fsp3) is 0.360. The van der Waals surface area contributed by atoms with Gasteiger partial charge in [-0.2, -0.15) is 15.0 Å². The van der Waals surface area contributed by atoms with Gasteiger partial charge in [0.15, 0.2) is 0 Å². The summed E-state index contributed by atoms with van der Waals surface area (Å²) in [6, 6.07) is 11.5. The molecule has 5 rings (SSSR count). The van der Waals surface area contributed by atoms with Crippen molar-refractivity contribution >= 4 is 46.7 Å². The Labute approximate surface area is 209 Å². The Morgan fingerprint density at radius 2 is 1.43 bits per heavy atom. The van der Waals surface area contributed by atoms with Crippen LogP contribution in [0, 0.1) is 0 Å². The second kappa shape index (κ2) is 10.4. The van der Waals surface area contributed by atoms with Gasteiger partial charge in [0.2, 0.25) is 17.8 Å². The number of phenols is 1. The summed E-state index contributed by atoms with van der Waals surface area (Å²) < 4.78 is 0. The van der Waals surface area contributed by atoms with E-state index in [1.807, 2.05) is 0 Å². The van der Waals surface area contributed by atoms with Gasteiger partial charge in [0.25, 0.3) is 5.91 Å². The molecule has 3 aromatic rings. The van der Waals surface area contributed by atoms with Crippen molar-refractivity contribution in [1.82, 2.24) is 15.0 Å². The highest BCUT2D eigenvalue weighted by Crippen LogP contribution is 2.30. The van der Waals surface area contributed by atoms with Gasteiger partial charge in [-0.05, 0) is 68.5 Å². The Bertz CT molecular complexity index is 1190. The van der Waals surface area contributed by atoms with Crippen molar-refractivity contribution in [2.45, 2.75) is 32.1 Å². The van der Waals surface area contributed by atoms with Gasteiger partial charge >= 0.3 is 0 Å². The van der Waals surface area contributed by atoms with Gasteiger partial charge < -0.3 is 25.5 Å². The van der Waals surface area contributed by atoms with Crippen molar-refractivity contribution in [3.05, 3.63) is 53.1 Å². The maximum absolute atomic E-state index is 12.5. The number of amides is 1. The number of benzene rings is 2. The minimum atomic E-state index is -0.337. The second-order valence-electron chi connectivity index (χ2n) is 8.82. The molecule has 35 heavy (non-hydrogen) atoms. The first-order valence-electron chi connectivity index (χ1n) is 12.0. The molecule has 2 fully saturated rings. The molecule has 1 amide bonds. The van der Waals surface area contributed by atoms with Gasteiger partial charge in [0.05, 0.1) is 5.69 Å². The van der Waals surface area contributed by atoms with E-state index in [9.17, 15) is 9.90 Å². The molecule has 0 radical (unpaired) electrons. The number of nitrogens with zero attached hydrogens (tertiary/aromatic N) is 5. The highest BCUT2D eigenvalue weighted by Gasteiger charge is 2.21. The lowest BCUT2D eigenvalue weighted by atomic mass is 10.1. The van der Waals surface area contributed by atoms with Crippen molar-refractivity contribution in [2.24, 2.45) is 0 Å². The number of halogens is 1. The summed E-state index contributed by atoms with van der Waals surface area (Å²) in [6.07, 6.45) is 5.75. The van der Waals surface area contributed by atoms with Crippen molar-refractivity contribution in [2.75, 3.05) is 46.6 Å². The van der Waals surface area contributed by atoms with Gasteiger partial charge in [-0.3, -0.25) is 4.79 Å². The average molecular weight is 494 g/mol. The van der Waals surface area contributed by atoms with Crippen LogP contribution in [0.5, 0.6) is 5.75 Å². The zero-order chi connectivity index (χ0) is 24.2. The van der Waals surface area contributed by atoms with E-state index in [2.05, 4.69) is 30.4 Å². The molecule has 10 heteroatoms. The van der Waals surface area contributed by atoms with E-state index in [4.69, 9.17) is 16.6 Å². The van der Waals surface area contributed by atoms with Crippen LogP contribution in [0.3, 0.4) is 0 Å². The number of anilines is 5. The predicted molar refractivity (Wildman–Crippen MR) is 138 cm³/mol. The largest absolute Gasteiger partial charge is 0.506 e. The zero-order valence-corrected chi connectivity index (χ0v) is 20.1. The minimum Gasteiger partial charge on any atom is -0.506 e. The zero-order valence-electron chi connectivity index (χ0n) is 19.4. The molecule has 0 aliphatic carbocycles. The number of nitrogens with one attached hydrogen (secondary N) is 2. The minimum absolute atomic E-state index is 0.0672. The SMILES string of the molecule is O=C(Nc1ccc(Nc2nc(N3CCCCC3)nc(N3CCCC3)n2)cc1O)c1ccc(Cl)cc1. The van der Waals surface area contributed by atoms with Crippen LogP contribution in [0.4, 0.5) is 29.2 Å². The molecule has 182 valence electrons. The normalized spacial score (nSPS) is 15.8. The van der Waals surface area contributed by atoms with Crippen LogP contribution in [0.15, 0.2) is 42.5 Å². The quantitative estimate of drug-likeness (QED) is 0.420. The molecule has 2 aliphatic rings. The van der Waals surface area contributed by atoms with E-state index in [-0.39, 0.29) is 11.7 Å². The van der Waals surface area contributed by atoms with E-state index in [1.54, 1.807) is 36.4 Å². The number of carbonyl (C=O) groups is 1. The molecular formula is C25H28ClN7O2. The van der Waals surface area contributed by atoms with Crippen LogP contribution in [-0.4, -0.2) is 52.1 Å². The summed E-state index contributed by atoms with van der Waals surface area (Å²) in [6.45, 7) is 3.74. The molecule has 2 saturated heterocycles. The van der Waals surface area contributed by atoms with Crippen LogP contribution in [0.25, 0.3) is 0 Å². The van der Waals surface area contributed by atoms with Crippen molar-refractivity contribution < 1.29 is 9.90 Å². The third-order valence-corrected chi connectivity index (χ3v) is 6.50. The molecule has 0 unspecified atom stereocenters. The lowest BCUT2D eigenvalue weighted by molar-refractivity contribution is 0.102. The summed E-state index contributed by atoms with van der Waals surface area (Å²) >= 11 is 5.89. The second-order valence-corrected chi connectivity index (χ2v) is 9.26. The van der Waals surface area contributed by atoms with Gasteiger partial charge in [-0.1, -0.05) is 11.6 Å². The van der Waals surface area contributed by atoms with Gasteiger partial charge in [0.1, 0.15) is 5.75 Å². The number of phenolic OH excluding ortho intramolecular Hbond substituents is 1. The maximum atomic E-state index is 12.5. The number of rotatable bonds is 6. The summed E-state index contributed by atoms with van der Waals surface area (Å²) in [5.74, 6) is 1.38. The fourth-order valence-corrected chi connectivity index (χ4v) is 4.47. The topological polar surface area (TPSA) is 107 Å². The summed E-state index contributed by atoms with van der Waals surface area (Å²) in [5.41, 5.74) is 1.36. The molecule has 3 heterocycles. The lowest BCUT2D eigenvalue weighted by Crippen LogP contribution is -2.32. The molecule has 2 aliphatic heterocycles. The van der Waals surface area contributed by atoms with Crippen LogP contribution in [0.2, 0.25) is 5.02 Å². The molecule has 0 saturated carbocycles. The third kappa shape index (κ3) is 5.57. The monoisotopic (exact) mass is 493 g/mol. The van der Waals surface area contributed by atoms with Crippen LogP contribution < -0.4 is 20.4 Å². The molecule has 1 aromatic heterocycles. The third-order valence-electron chi connectivity index (χ3n) is 6.25. The van der Waals surface area contributed by atoms with Gasteiger partial charge in [-0.15, -0.1) is 0 Å². The Kier molecular flexibility index (Phi) is 6.85. The van der Waals surface area contributed by atoms with Crippen molar-refractivity contribution in [1.29, 1.82) is 0 Å². The maximum Gasteiger partial charge on any atom is 0.255 e. The number of aromatic hydroxyl groups is 1. The van der Waals surface area contributed by atoms with Crippen molar-refractivity contribution in [3.8, 4) is 5.75 Å². The number of aromatic nitrogens is 3. The molecular weight excluding hydrogens is 466 g/mol. The van der Waals surface area contributed by atoms with Crippen LogP contribution in [-0.2, 0) is 0 Å². The van der Waals surface area contributed by atoms with Gasteiger partial charge in [0, 0.05) is 48.5 Å². The Hall–Kier alpha value is -3.59. The summed E-state index contributed by atoms with van der Waals surface area (Å²) in [4.78, 5) is 31.0. The molecule has 0 bridgehead atoms. The average Bonchev–Trinajstić information content (AvgIpc) is 3.42. The van der Waals surface area contributed by atoms with E-state index in [0.29, 0.717) is 39.8 Å². The molecule has 0 atom stereocenters. The van der Waals surface area contributed by atoms with E-state index >= 15 is 0 Å². The molecule has 3 N–H and O–H groups in total. The highest BCUT2D eigenvalue weighted by atomic mass is 35.5. The van der Waals surface area contributed by atoms with Crippen LogP contribution >= 0.6 is 11.6 Å². The summed E-state index contributed by atoms with van der Waals surface area (Å²) in [7, 11) is 0. The number of hydrogen-bond donors (Lipinski definition) is 3. The molecule has 2 aromatic carbocycles. The first kappa shape index (κ1) is 23.2. The Morgan fingerprint density at radius 1 is 0.829 bits per heavy atom. The first-order valence-corrected chi connectivity index (χ1v) is 12.4. The first-order chi connectivity index (χ1) is 17.0. The number of hydrogen-bond acceptors (Lipinski definition) is 8. The highest BCUT2D eigenvalue weighted by molar-refractivity contribution is 6.30. The predicted octanol–water partition coefficient (Wildman–Crippen LogP) is 4.82. The fourth-order valence-electron chi connectivity index (χ4n) is 4.34. The van der Waals surface area contributed by atoms with E-state index in [0.717, 1.165) is 51.9 Å². The lowest BCUT2D eigenvalue weighted by Gasteiger charge is -2.27.